The normalized spacial score (nSPS) is 22.5. The highest BCUT2D eigenvalue weighted by Gasteiger charge is 2.40. The topological polar surface area (TPSA) is 116 Å². The Balaban J connectivity index is 1.49. The summed E-state index contributed by atoms with van der Waals surface area (Å²) in [5.41, 5.74) is 5.20. The summed E-state index contributed by atoms with van der Waals surface area (Å²) < 4.78 is 27.6. The van der Waals surface area contributed by atoms with Gasteiger partial charge >= 0.3 is 12.1 Å². The van der Waals surface area contributed by atoms with Gasteiger partial charge in [0.15, 0.2) is 0 Å². The summed E-state index contributed by atoms with van der Waals surface area (Å²) in [5.74, 6) is -0.259. The molecule has 1 saturated heterocycles. The van der Waals surface area contributed by atoms with Crippen molar-refractivity contribution in [3.05, 3.63) is 39.8 Å². The highest BCUT2D eigenvalue weighted by Crippen LogP contribution is 2.39. The molecule has 3 N–H and O–H groups in total. The zero-order valence-corrected chi connectivity index (χ0v) is 21.0. The molecule has 1 aliphatic heterocycles. The second kappa shape index (κ2) is 9.24. The molecule has 9 heteroatoms. The second-order valence-corrected chi connectivity index (χ2v) is 12.3. The Morgan fingerprint density at radius 1 is 1.06 bits per heavy atom. The summed E-state index contributed by atoms with van der Waals surface area (Å²) >= 11 is 0. The fraction of sp³-hybridized carbons (Fsp3) is 0.600. The van der Waals surface area contributed by atoms with Gasteiger partial charge in [-0.05, 0) is 85.0 Å². The summed E-state index contributed by atoms with van der Waals surface area (Å²) in [7, 11) is -4.04. The van der Waals surface area contributed by atoms with E-state index in [9.17, 15) is 23.1 Å². The molecular formula is C25H35N3O5S. The number of benzene rings is 1. The van der Waals surface area contributed by atoms with Crippen LogP contribution in [0, 0.1) is 11.3 Å². The molecule has 0 saturated carbocycles. The Labute approximate surface area is 201 Å². The van der Waals surface area contributed by atoms with E-state index in [-0.39, 0.29) is 17.4 Å². The number of carbonyl (C=O) groups is 2. The van der Waals surface area contributed by atoms with Gasteiger partial charge in [-0.15, -0.1) is 0 Å². The quantitative estimate of drug-likeness (QED) is 0.578. The number of hydrogen-bond donors (Lipinski definition) is 3. The van der Waals surface area contributed by atoms with E-state index in [1.54, 1.807) is 6.08 Å². The number of aryl methyl sites for hydroxylation is 2. The maximum atomic E-state index is 12.7. The molecule has 34 heavy (non-hydrogen) atoms. The Kier molecular flexibility index (Phi) is 6.68. The van der Waals surface area contributed by atoms with Gasteiger partial charge in [-0.2, -0.15) is 0 Å². The third kappa shape index (κ3) is 5.09. The van der Waals surface area contributed by atoms with E-state index < -0.39 is 22.1 Å². The van der Waals surface area contributed by atoms with Crippen molar-refractivity contribution >= 4 is 27.8 Å². The molecule has 2 atom stereocenters. The second-order valence-electron chi connectivity index (χ2n) is 10.8. The first-order valence-electron chi connectivity index (χ1n) is 12.1. The maximum absolute atomic E-state index is 12.7. The lowest BCUT2D eigenvalue weighted by atomic mass is 9.74. The molecule has 1 aromatic rings. The average molecular weight is 490 g/mol. The van der Waals surface area contributed by atoms with Crippen LogP contribution in [0.5, 0.6) is 0 Å². The lowest BCUT2D eigenvalue weighted by molar-refractivity contribution is 0.0373. The molecule has 0 spiro atoms. The summed E-state index contributed by atoms with van der Waals surface area (Å²) in [5, 5.41) is 13.5. The van der Waals surface area contributed by atoms with Gasteiger partial charge in [-0.3, -0.25) is 0 Å². The summed E-state index contributed by atoms with van der Waals surface area (Å²) in [6.07, 6.45) is 7.73. The van der Waals surface area contributed by atoms with Crippen LogP contribution in [0.1, 0.15) is 68.7 Å². The molecule has 2 aliphatic carbocycles. The number of carboxylic acid groups (broad SMARTS) is 1. The van der Waals surface area contributed by atoms with E-state index in [0.29, 0.717) is 19.4 Å². The van der Waals surface area contributed by atoms with Crippen LogP contribution in [0.4, 0.5) is 15.3 Å². The highest BCUT2D eigenvalue weighted by atomic mass is 32.2. The predicted octanol–water partition coefficient (Wildman–Crippen LogP) is 4.43. The number of urea groups is 1. The average Bonchev–Trinajstić information content (AvgIpc) is 3.40. The van der Waals surface area contributed by atoms with E-state index in [4.69, 9.17) is 0 Å². The number of rotatable bonds is 4. The Morgan fingerprint density at radius 2 is 1.68 bits per heavy atom. The molecule has 8 nitrogen and oxygen atoms in total. The van der Waals surface area contributed by atoms with E-state index in [0.717, 1.165) is 60.7 Å². The first kappa shape index (κ1) is 24.6. The van der Waals surface area contributed by atoms with Gasteiger partial charge in [0.2, 0.25) is 0 Å². The van der Waals surface area contributed by atoms with Crippen molar-refractivity contribution < 1.29 is 23.1 Å². The van der Waals surface area contributed by atoms with Gasteiger partial charge < -0.3 is 15.3 Å². The van der Waals surface area contributed by atoms with E-state index in [2.05, 4.69) is 16.1 Å². The molecule has 186 valence electrons. The number of anilines is 1. The number of carbonyl (C=O) groups excluding carboxylic acids is 1. The lowest BCUT2D eigenvalue weighted by Crippen LogP contribution is -2.53. The van der Waals surface area contributed by atoms with Crippen LogP contribution in [-0.2, 0) is 35.7 Å². The largest absolute Gasteiger partial charge is 0.465 e. The minimum Gasteiger partial charge on any atom is -0.465 e. The van der Waals surface area contributed by atoms with Crippen molar-refractivity contribution in [2.45, 2.75) is 78.2 Å². The fourth-order valence-electron chi connectivity index (χ4n) is 6.03. The summed E-state index contributed by atoms with van der Waals surface area (Å²) in [4.78, 5) is 25.9. The molecule has 2 unspecified atom stereocenters. The first-order valence-corrected chi connectivity index (χ1v) is 13.7. The van der Waals surface area contributed by atoms with Crippen molar-refractivity contribution in [2.24, 2.45) is 11.3 Å². The fourth-order valence-corrected chi connectivity index (χ4v) is 6.81. The van der Waals surface area contributed by atoms with E-state index in [1.807, 2.05) is 20.8 Å². The Hall–Kier alpha value is -2.55. The third-order valence-electron chi connectivity index (χ3n) is 7.26. The third-order valence-corrected chi connectivity index (χ3v) is 8.25. The molecule has 1 fully saturated rings. The van der Waals surface area contributed by atoms with Gasteiger partial charge in [0.25, 0.3) is 10.0 Å². The number of sulfonamides is 1. The van der Waals surface area contributed by atoms with E-state index >= 15 is 0 Å². The van der Waals surface area contributed by atoms with Crippen molar-refractivity contribution in [3.8, 4) is 0 Å². The Morgan fingerprint density at radius 3 is 2.24 bits per heavy atom. The monoisotopic (exact) mass is 489 g/mol. The van der Waals surface area contributed by atoms with Gasteiger partial charge in [-0.25, -0.2) is 22.7 Å². The molecule has 0 aromatic heterocycles. The Bertz CT molecular complexity index is 1090. The van der Waals surface area contributed by atoms with Crippen molar-refractivity contribution in [2.75, 3.05) is 11.9 Å². The van der Waals surface area contributed by atoms with Crippen LogP contribution in [0.25, 0.3) is 0 Å². The van der Waals surface area contributed by atoms with E-state index in [1.165, 1.54) is 16.0 Å². The zero-order chi connectivity index (χ0) is 24.7. The van der Waals surface area contributed by atoms with Crippen LogP contribution < -0.4 is 10.0 Å². The molecule has 1 heterocycles. The van der Waals surface area contributed by atoms with Gasteiger partial charge in [-0.1, -0.05) is 32.9 Å². The van der Waals surface area contributed by atoms with Crippen LogP contribution in [0.3, 0.4) is 0 Å². The van der Waals surface area contributed by atoms with Crippen LogP contribution >= 0.6 is 0 Å². The molecule has 1 aromatic carbocycles. The number of piperidine rings is 1. The lowest BCUT2D eigenvalue weighted by Gasteiger charge is -2.46. The maximum Gasteiger partial charge on any atom is 0.407 e. The number of nitrogens with zero attached hydrogens (tertiary/aromatic N) is 1. The van der Waals surface area contributed by atoms with Crippen molar-refractivity contribution in [1.82, 2.24) is 9.62 Å². The van der Waals surface area contributed by atoms with Crippen molar-refractivity contribution in [3.63, 3.8) is 0 Å². The number of hydrogen-bond acceptors (Lipinski definition) is 4. The molecule has 0 radical (unpaired) electrons. The van der Waals surface area contributed by atoms with Crippen LogP contribution in [0.15, 0.2) is 17.6 Å². The zero-order valence-electron chi connectivity index (χ0n) is 20.2. The SMILES string of the molecule is CC(C)(C)C1C(C=CS(=O)(=O)NC(=O)Nc2c3c(cc4c2CCC4)CCC3)CCCN1C(=O)O. The summed E-state index contributed by atoms with van der Waals surface area (Å²) in [6.45, 7) is 6.30. The standard InChI is InChI=1S/C25H35N3O5S/c1-25(2,3)22-16(9-6-13-28(22)24(30)31)12-14-34(32,33)27-23(29)26-21-19-10-4-7-17(19)15-18-8-5-11-20(18)21/h12,14-16,22H,4-11,13H2,1-3H3,(H,30,31)(H2,26,27,29). The molecule has 4 rings (SSSR count). The highest BCUT2D eigenvalue weighted by molar-refractivity contribution is 7.92. The number of nitrogens with one attached hydrogen (secondary N) is 2. The van der Waals surface area contributed by atoms with Crippen molar-refractivity contribution in [1.29, 1.82) is 0 Å². The van der Waals surface area contributed by atoms with Gasteiger partial charge in [0.1, 0.15) is 0 Å². The summed E-state index contributed by atoms with van der Waals surface area (Å²) in [6, 6.07) is 1.14. The number of amides is 3. The first-order chi connectivity index (χ1) is 16.0. The number of likely N-dealkylation sites (tertiary alicyclic amines) is 1. The molecule has 3 amide bonds. The number of fused-ring (bicyclic) bond motifs is 2. The minimum atomic E-state index is -4.04. The van der Waals surface area contributed by atoms with Gasteiger partial charge in [0, 0.05) is 23.7 Å². The minimum absolute atomic E-state index is 0.259. The predicted molar refractivity (Wildman–Crippen MR) is 131 cm³/mol. The van der Waals surface area contributed by atoms with Crippen LogP contribution in [-0.4, -0.2) is 43.1 Å². The van der Waals surface area contributed by atoms with Gasteiger partial charge in [0.05, 0.1) is 0 Å². The molecule has 3 aliphatic rings. The smallest absolute Gasteiger partial charge is 0.407 e. The molecule has 0 bridgehead atoms. The van der Waals surface area contributed by atoms with Crippen LogP contribution in [0.2, 0.25) is 0 Å². The molecular weight excluding hydrogens is 454 g/mol.